The van der Waals surface area contributed by atoms with Crippen LogP contribution in [0.3, 0.4) is 0 Å². The van der Waals surface area contributed by atoms with Crippen molar-refractivity contribution >= 4 is 30.1 Å². The first-order valence-electron chi connectivity index (χ1n) is 10.8. The first kappa shape index (κ1) is 24.2. The summed E-state index contributed by atoms with van der Waals surface area (Å²) in [5, 5.41) is 17.7. The summed E-state index contributed by atoms with van der Waals surface area (Å²) in [6.45, 7) is 6.97. The summed E-state index contributed by atoms with van der Waals surface area (Å²) < 4.78 is 5.42. The molecule has 0 saturated heterocycles. The molecule has 0 radical (unpaired) electrons. The van der Waals surface area contributed by atoms with Gasteiger partial charge in [0, 0.05) is 12.3 Å². The number of carbonyl (C=O) groups excluding carboxylic acids is 3. The summed E-state index contributed by atoms with van der Waals surface area (Å²) in [6, 6.07) is 8.07. The van der Waals surface area contributed by atoms with Crippen LogP contribution in [-0.2, 0) is 20.7 Å². The minimum Gasteiger partial charge on any atom is -0.479 e. The molecule has 10 nitrogen and oxygen atoms in total. The number of amides is 3. The summed E-state index contributed by atoms with van der Waals surface area (Å²) in [6.07, 6.45) is 0.375. The molecule has 1 aromatic rings. The van der Waals surface area contributed by atoms with Crippen LogP contribution in [0.25, 0.3) is 0 Å². The van der Waals surface area contributed by atoms with Crippen LogP contribution in [-0.4, -0.2) is 56.9 Å². The Labute approximate surface area is 192 Å². The van der Waals surface area contributed by atoms with Gasteiger partial charge in [-0.25, -0.2) is 14.4 Å². The van der Waals surface area contributed by atoms with E-state index in [0.29, 0.717) is 12.7 Å². The predicted octanol–water partition coefficient (Wildman–Crippen LogP) is 2.31. The van der Waals surface area contributed by atoms with E-state index in [9.17, 15) is 24.3 Å². The number of aliphatic carboxylic acids is 1. The van der Waals surface area contributed by atoms with Crippen LogP contribution in [0.15, 0.2) is 35.4 Å². The highest BCUT2D eigenvalue weighted by atomic mass is 16.6. The van der Waals surface area contributed by atoms with Crippen molar-refractivity contribution in [1.29, 1.82) is 0 Å². The lowest BCUT2D eigenvalue weighted by atomic mass is 9.59. The number of nitrogens with two attached hydrogens (primary N) is 1. The first-order chi connectivity index (χ1) is 15.4. The number of aldehydes is 1. The van der Waals surface area contributed by atoms with Crippen molar-refractivity contribution in [1.82, 2.24) is 10.3 Å². The van der Waals surface area contributed by atoms with Gasteiger partial charge in [-0.2, -0.15) is 10.1 Å². The number of hydrogen-bond donors (Lipinski definition) is 3. The monoisotopic (exact) mass is 458 g/mol. The molecule has 33 heavy (non-hydrogen) atoms. The standard InChI is InChI=1S/C23H30N4O6/c1-14-10-11-23(18(29)30)17(26-27(23)19(24)31)16(14)22(13-28,12-15-8-6-5-7-9-15)25-20(32)33-21(2,3)4/h5-9,13-14,16H,10-12H2,1-4H3,(H2,24,31)(H,25,32)(H,29,30)/t14?,16-,22+,23+/m1/s1. The van der Waals surface area contributed by atoms with Gasteiger partial charge < -0.3 is 25.7 Å². The molecule has 4 N–H and O–H groups in total. The molecule has 4 atom stereocenters. The number of hydrogen-bond acceptors (Lipinski definition) is 6. The lowest BCUT2D eigenvalue weighted by molar-refractivity contribution is -0.149. The Morgan fingerprint density at radius 3 is 2.45 bits per heavy atom. The highest BCUT2D eigenvalue weighted by Gasteiger charge is 2.66. The second-order valence-electron chi connectivity index (χ2n) is 9.74. The Morgan fingerprint density at radius 1 is 1.30 bits per heavy atom. The number of fused-ring (bicyclic) bond motifs is 1. The predicted molar refractivity (Wildman–Crippen MR) is 119 cm³/mol. The number of rotatable bonds is 6. The molecule has 0 aromatic heterocycles. The van der Waals surface area contributed by atoms with Gasteiger partial charge in [-0.05, 0) is 45.1 Å². The molecule has 2 aliphatic rings. The third-order valence-corrected chi connectivity index (χ3v) is 6.22. The number of carbonyl (C=O) groups is 4. The zero-order valence-corrected chi connectivity index (χ0v) is 19.2. The molecule has 1 aliphatic carbocycles. The average molecular weight is 459 g/mol. The van der Waals surface area contributed by atoms with Crippen molar-refractivity contribution in [2.75, 3.05) is 0 Å². The Hall–Kier alpha value is -3.43. The molecule has 1 saturated carbocycles. The number of carboxylic acid groups (broad SMARTS) is 1. The van der Waals surface area contributed by atoms with E-state index in [-0.39, 0.29) is 24.5 Å². The number of primary amides is 1. The Balaban J connectivity index is 2.12. The minimum atomic E-state index is -1.75. The number of hydrazone groups is 1. The molecule has 1 unspecified atom stereocenters. The highest BCUT2D eigenvalue weighted by Crippen LogP contribution is 2.48. The lowest BCUT2D eigenvalue weighted by Gasteiger charge is -2.55. The third kappa shape index (κ3) is 4.29. The molecule has 1 aliphatic heterocycles. The number of urea groups is 1. The van der Waals surface area contributed by atoms with Gasteiger partial charge in [-0.15, -0.1) is 0 Å². The summed E-state index contributed by atoms with van der Waals surface area (Å²) >= 11 is 0. The Bertz CT molecular complexity index is 988. The van der Waals surface area contributed by atoms with Crippen molar-refractivity contribution < 1.29 is 29.0 Å². The van der Waals surface area contributed by atoms with Crippen LogP contribution >= 0.6 is 0 Å². The fourth-order valence-corrected chi connectivity index (χ4v) is 4.87. The quantitative estimate of drug-likeness (QED) is 0.556. The second kappa shape index (κ2) is 8.49. The topological polar surface area (TPSA) is 151 Å². The van der Waals surface area contributed by atoms with Crippen molar-refractivity contribution in [3.05, 3.63) is 35.9 Å². The second-order valence-corrected chi connectivity index (χ2v) is 9.74. The van der Waals surface area contributed by atoms with E-state index in [1.165, 1.54) is 0 Å². The number of alkyl carbamates (subject to hydrolysis) is 1. The van der Waals surface area contributed by atoms with Crippen molar-refractivity contribution in [3.63, 3.8) is 0 Å². The average Bonchev–Trinajstić information content (AvgIpc) is 2.68. The molecule has 3 amide bonds. The van der Waals surface area contributed by atoms with E-state index in [1.54, 1.807) is 32.9 Å². The van der Waals surface area contributed by atoms with Gasteiger partial charge in [0.15, 0.2) is 0 Å². The van der Waals surface area contributed by atoms with Gasteiger partial charge in [0.1, 0.15) is 17.4 Å². The third-order valence-electron chi connectivity index (χ3n) is 6.22. The highest BCUT2D eigenvalue weighted by molar-refractivity contribution is 6.19. The number of benzene rings is 1. The fraction of sp³-hybridized carbons (Fsp3) is 0.522. The van der Waals surface area contributed by atoms with Gasteiger partial charge in [-0.3, -0.25) is 0 Å². The molecular formula is C23H30N4O6. The van der Waals surface area contributed by atoms with Crippen molar-refractivity contribution in [3.8, 4) is 0 Å². The molecule has 0 spiro atoms. The first-order valence-corrected chi connectivity index (χ1v) is 10.8. The van der Waals surface area contributed by atoms with Crippen LogP contribution in [0, 0.1) is 11.8 Å². The molecule has 1 aromatic carbocycles. The van der Waals surface area contributed by atoms with Crippen molar-refractivity contribution in [2.45, 2.75) is 63.6 Å². The van der Waals surface area contributed by atoms with Crippen LogP contribution in [0.5, 0.6) is 0 Å². The minimum absolute atomic E-state index is 0.0802. The van der Waals surface area contributed by atoms with E-state index >= 15 is 0 Å². The summed E-state index contributed by atoms with van der Waals surface area (Å²) in [5.74, 6) is -2.31. The normalized spacial score (nSPS) is 26.1. The maximum atomic E-state index is 12.8. The molecule has 3 rings (SSSR count). The van der Waals surface area contributed by atoms with E-state index < -0.39 is 40.7 Å². The maximum absolute atomic E-state index is 12.8. The molecular weight excluding hydrogens is 428 g/mol. The number of ether oxygens (including phenoxy) is 1. The number of nitrogens with one attached hydrogen (secondary N) is 1. The van der Waals surface area contributed by atoms with E-state index in [4.69, 9.17) is 10.5 Å². The number of carboxylic acids is 1. The summed E-state index contributed by atoms with van der Waals surface area (Å²) in [4.78, 5) is 49.9. The zero-order chi connectivity index (χ0) is 24.6. The fourth-order valence-electron chi connectivity index (χ4n) is 4.87. The van der Waals surface area contributed by atoms with Crippen molar-refractivity contribution in [2.24, 2.45) is 22.7 Å². The van der Waals surface area contributed by atoms with E-state index in [1.807, 2.05) is 25.1 Å². The van der Waals surface area contributed by atoms with Crippen LogP contribution in [0.1, 0.15) is 46.1 Å². The molecule has 178 valence electrons. The van der Waals surface area contributed by atoms with Crippen LogP contribution < -0.4 is 11.1 Å². The van der Waals surface area contributed by atoms with Gasteiger partial charge in [0.2, 0.25) is 5.54 Å². The van der Waals surface area contributed by atoms with Gasteiger partial charge in [-0.1, -0.05) is 37.3 Å². The van der Waals surface area contributed by atoms with E-state index in [2.05, 4.69) is 10.4 Å². The van der Waals surface area contributed by atoms with Crippen LogP contribution in [0.4, 0.5) is 9.59 Å². The smallest absolute Gasteiger partial charge is 0.408 e. The maximum Gasteiger partial charge on any atom is 0.408 e. The SMILES string of the molecule is CC1CC[C@@]2(C(=O)O)C(=NN2C(N)=O)[C@@H]1[C@@](C=O)(Cc1ccccc1)NC(=O)OC(C)(C)C. The van der Waals surface area contributed by atoms with Gasteiger partial charge in [0.05, 0.1) is 5.71 Å². The van der Waals surface area contributed by atoms with Gasteiger partial charge in [0.25, 0.3) is 0 Å². The molecule has 1 heterocycles. The Morgan fingerprint density at radius 2 is 1.94 bits per heavy atom. The summed E-state index contributed by atoms with van der Waals surface area (Å²) in [7, 11) is 0. The zero-order valence-electron chi connectivity index (χ0n) is 19.2. The molecule has 0 bridgehead atoms. The van der Waals surface area contributed by atoms with E-state index in [0.717, 1.165) is 10.6 Å². The summed E-state index contributed by atoms with van der Waals surface area (Å²) in [5.41, 5.74) is 2.16. The number of nitrogens with zero attached hydrogens (tertiary/aromatic N) is 2. The molecule has 10 heteroatoms. The van der Waals surface area contributed by atoms with Crippen LogP contribution in [0.2, 0.25) is 0 Å². The Kier molecular flexibility index (Phi) is 6.23. The lowest BCUT2D eigenvalue weighted by Crippen LogP contribution is -2.76. The molecule has 1 fully saturated rings. The largest absolute Gasteiger partial charge is 0.479 e. The van der Waals surface area contributed by atoms with Gasteiger partial charge >= 0.3 is 18.1 Å².